The fourth-order valence-corrected chi connectivity index (χ4v) is 8.22. The molecular weight excluding hydrogens is 704 g/mol. The lowest BCUT2D eigenvalue weighted by molar-refractivity contribution is -0.247. The monoisotopic (exact) mass is 750 g/mol. The van der Waals surface area contributed by atoms with Crippen molar-refractivity contribution in [2.45, 2.75) is 96.6 Å². The highest BCUT2D eigenvalue weighted by Gasteiger charge is 2.53. The third-order valence-corrected chi connectivity index (χ3v) is 10.7. The van der Waals surface area contributed by atoms with Crippen LogP contribution in [0.3, 0.4) is 0 Å². The molecule has 16 nitrogen and oxygen atoms in total. The van der Waals surface area contributed by atoms with E-state index in [1.807, 2.05) is 24.3 Å². The van der Waals surface area contributed by atoms with Gasteiger partial charge in [0, 0.05) is 51.9 Å². The minimum absolute atomic E-state index is 0.0135. The van der Waals surface area contributed by atoms with E-state index in [0.29, 0.717) is 17.6 Å². The summed E-state index contributed by atoms with van der Waals surface area (Å²) in [5, 5.41) is 7.19. The van der Waals surface area contributed by atoms with Crippen LogP contribution in [0.4, 0.5) is 11.4 Å². The third-order valence-electron chi connectivity index (χ3n) is 10.7. The highest BCUT2D eigenvalue weighted by molar-refractivity contribution is 5.85. The Morgan fingerprint density at radius 2 is 1.61 bits per heavy atom. The number of hydrogen-bond donors (Lipinski definition) is 2. The Hall–Kier alpha value is -5.09. The first-order valence-corrected chi connectivity index (χ1v) is 18.1. The van der Waals surface area contributed by atoms with Gasteiger partial charge >= 0.3 is 23.9 Å². The summed E-state index contributed by atoms with van der Waals surface area (Å²) in [6.07, 6.45) is -2.33. The van der Waals surface area contributed by atoms with Gasteiger partial charge < -0.3 is 39.1 Å². The Labute approximate surface area is 311 Å². The molecule has 0 amide bonds. The molecule has 1 unspecified atom stereocenters. The molecule has 0 radical (unpaired) electrons. The number of methoxy groups -OCH3 is 1. The number of fused-ring (bicyclic) bond motifs is 4. The van der Waals surface area contributed by atoms with Gasteiger partial charge in [-0.1, -0.05) is 13.3 Å². The van der Waals surface area contributed by atoms with Crippen molar-refractivity contribution in [3.05, 3.63) is 56.5 Å². The van der Waals surface area contributed by atoms with E-state index in [9.17, 15) is 28.8 Å². The van der Waals surface area contributed by atoms with E-state index < -0.39 is 78.0 Å². The molecule has 2 bridgehead atoms. The second-order valence-electron chi connectivity index (χ2n) is 14.1. The van der Waals surface area contributed by atoms with E-state index in [0.717, 1.165) is 69.6 Å². The van der Waals surface area contributed by atoms with Crippen LogP contribution in [0.5, 0.6) is 5.75 Å². The summed E-state index contributed by atoms with van der Waals surface area (Å²) in [5.74, 6) is -1.39. The number of benzene rings is 1. The van der Waals surface area contributed by atoms with Crippen LogP contribution < -0.4 is 26.2 Å². The van der Waals surface area contributed by atoms with E-state index in [-0.39, 0.29) is 17.4 Å². The highest BCUT2D eigenvalue weighted by Crippen LogP contribution is 2.44. The quantitative estimate of drug-likeness (QED) is 0.147. The summed E-state index contributed by atoms with van der Waals surface area (Å²) in [4.78, 5) is 82.7. The average Bonchev–Trinajstić information content (AvgIpc) is 3.14. The van der Waals surface area contributed by atoms with Crippen LogP contribution in [0.2, 0.25) is 0 Å². The lowest BCUT2D eigenvalue weighted by Crippen LogP contribution is -2.64. The maximum absolute atomic E-state index is 13.5. The van der Waals surface area contributed by atoms with E-state index in [1.54, 1.807) is 13.3 Å². The van der Waals surface area contributed by atoms with Crippen LogP contribution in [0.15, 0.2) is 40.1 Å². The van der Waals surface area contributed by atoms with Crippen LogP contribution >= 0.6 is 0 Å². The Kier molecular flexibility index (Phi) is 11.5. The van der Waals surface area contributed by atoms with Crippen LogP contribution in [-0.2, 0) is 42.9 Å². The molecule has 0 aliphatic carbocycles. The van der Waals surface area contributed by atoms with Gasteiger partial charge in [0.25, 0.3) is 10.9 Å². The van der Waals surface area contributed by atoms with Gasteiger partial charge in [0.15, 0.2) is 24.5 Å². The van der Waals surface area contributed by atoms with Gasteiger partial charge in [-0.25, -0.2) is 0 Å². The first-order valence-electron chi connectivity index (χ1n) is 18.1. The number of carbonyl (C=O) groups is 4. The topological polar surface area (TPSA) is 198 Å². The molecule has 4 saturated heterocycles. The molecule has 290 valence electrons. The first kappa shape index (κ1) is 38.6. The highest BCUT2D eigenvalue weighted by atomic mass is 16.7. The number of nitrogens with one attached hydrogen (secondary N) is 2. The molecular formula is C38H46N4O12. The Morgan fingerprint density at radius 3 is 2.24 bits per heavy atom. The van der Waals surface area contributed by atoms with Gasteiger partial charge in [-0.3, -0.25) is 38.7 Å². The van der Waals surface area contributed by atoms with Crippen molar-refractivity contribution in [1.29, 1.82) is 0 Å². The molecule has 4 aliphatic rings. The molecule has 2 N–H and O–H groups in total. The minimum Gasteiger partial charge on any atom is -0.497 e. The molecule has 2 aromatic carbocycles. The summed E-state index contributed by atoms with van der Waals surface area (Å²) in [6, 6.07) is 6.96. The molecule has 5 heterocycles. The number of pyridine rings is 1. The smallest absolute Gasteiger partial charge is 0.303 e. The maximum atomic E-state index is 13.5. The van der Waals surface area contributed by atoms with Gasteiger partial charge in [0.1, 0.15) is 29.8 Å². The van der Waals surface area contributed by atoms with Gasteiger partial charge in [0.05, 0.1) is 18.7 Å². The molecule has 4 fully saturated rings. The van der Waals surface area contributed by atoms with E-state index >= 15 is 0 Å². The molecule has 16 heteroatoms. The zero-order valence-electron chi connectivity index (χ0n) is 31.1. The van der Waals surface area contributed by atoms with Crippen molar-refractivity contribution in [3.63, 3.8) is 0 Å². The van der Waals surface area contributed by atoms with E-state index in [1.165, 1.54) is 6.92 Å². The molecule has 0 saturated carbocycles. The summed E-state index contributed by atoms with van der Waals surface area (Å²) in [6.45, 7) is 8.06. The second-order valence-corrected chi connectivity index (χ2v) is 14.1. The van der Waals surface area contributed by atoms with Crippen molar-refractivity contribution in [2.24, 2.45) is 11.8 Å². The Morgan fingerprint density at radius 1 is 0.926 bits per heavy atom. The number of nitrogens with zero attached hydrogens (tertiary/aromatic N) is 2. The lowest BCUT2D eigenvalue weighted by Gasteiger charge is -2.52. The summed E-state index contributed by atoms with van der Waals surface area (Å²) >= 11 is 0. The standard InChI is InChI=1S/C38H46N4O12/c1-7-22-16-42-13-11-23(22)14-28(42)30(25-10-12-39-27-9-8-24(49-6)15-26(25)27)40-31-32(34(48)33(31)47)41-38-37(53-21(5)46)36(52-20(4)45)35(51-19(3)44)29(54-38)17-50-18(2)43/h8-10,12,15,22-23,28-30,35-38,40-41H,7,11,13-14,16-17H2,1-6H3/t22-,23-,28-,29+,30-,35+,36-,37+,38+/m0/s1. The number of carbonyl (C=O) groups excluding carboxylic acids is 4. The predicted octanol–water partition coefficient (Wildman–Crippen LogP) is 2.61. The molecule has 1 aromatic heterocycles. The summed E-state index contributed by atoms with van der Waals surface area (Å²) in [5.41, 5.74) is -0.211. The fraction of sp³-hybridized carbons (Fsp3) is 0.553. The van der Waals surface area contributed by atoms with Crippen molar-refractivity contribution in [1.82, 2.24) is 9.88 Å². The van der Waals surface area contributed by atoms with Gasteiger partial charge in [-0.2, -0.15) is 0 Å². The van der Waals surface area contributed by atoms with E-state index in [4.69, 9.17) is 28.4 Å². The van der Waals surface area contributed by atoms with Crippen LogP contribution in [0.25, 0.3) is 10.9 Å². The van der Waals surface area contributed by atoms with Crippen molar-refractivity contribution >= 4 is 46.2 Å². The number of ether oxygens (including phenoxy) is 6. The van der Waals surface area contributed by atoms with Gasteiger partial charge in [-0.15, -0.1) is 0 Å². The van der Waals surface area contributed by atoms with Crippen molar-refractivity contribution < 1.29 is 47.6 Å². The van der Waals surface area contributed by atoms with Crippen LogP contribution in [0.1, 0.15) is 65.5 Å². The lowest BCUT2D eigenvalue weighted by atomic mass is 9.72. The second kappa shape index (κ2) is 16.1. The van der Waals surface area contributed by atoms with Crippen molar-refractivity contribution in [3.8, 4) is 5.75 Å². The Balaban J connectivity index is 1.40. The number of rotatable bonds is 13. The number of anilines is 2. The number of hydrogen-bond acceptors (Lipinski definition) is 16. The zero-order chi connectivity index (χ0) is 38.8. The molecule has 7 rings (SSSR count). The van der Waals surface area contributed by atoms with Gasteiger partial charge in [0.2, 0.25) is 0 Å². The Bertz CT molecular complexity index is 1980. The van der Waals surface area contributed by atoms with Crippen molar-refractivity contribution in [2.75, 3.05) is 37.4 Å². The molecule has 54 heavy (non-hydrogen) atoms. The minimum atomic E-state index is -1.49. The molecule has 3 aromatic rings. The predicted molar refractivity (Wildman–Crippen MR) is 193 cm³/mol. The fourth-order valence-electron chi connectivity index (χ4n) is 8.22. The molecule has 0 spiro atoms. The SMILES string of the molecule is CC[C@H]1CN2CC[C@H]1C[C@H]2[C@@H](Nc1c(N[C@@H]2O[C@H](COC(C)=O)[C@@H](OC(C)=O)[C@H](OC(C)=O)[C@H]2OC(C)=O)c(=O)c1=O)c1ccnc2ccc(OC)cc12. The zero-order valence-corrected chi connectivity index (χ0v) is 31.1. The number of esters is 4. The summed E-state index contributed by atoms with van der Waals surface area (Å²) < 4.78 is 33.5. The van der Waals surface area contributed by atoms with Gasteiger partial charge in [-0.05, 0) is 61.1 Å². The largest absolute Gasteiger partial charge is 0.497 e. The third kappa shape index (κ3) is 7.89. The first-order chi connectivity index (χ1) is 25.8. The van der Waals surface area contributed by atoms with Crippen LogP contribution in [0, 0.1) is 11.8 Å². The van der Waals surface area contributed by atoms with Crippen LogP contribution in [-0.4, -0.2) is 97.3 Å². The number of aromatic nitrogens is 1. The molecule has 10 atom stereocenters. The molecule has 4 aliphatic heterocycles. The average molecular weight is 751 g/mol. The number of piperidine rings is 3. The normalized spacial score (nSPS) is 28.1. The summed E-state index contributed by atoms with van der Waals surface area (Å²) in [7, 11) is 1.58. The maximum Gasteiger partial charge on any atom is 0.303 e. The van der Waals surface area contributed by atoms with E-state index in [2.05, 4.69) is 27.4 Å².